The van der Waals surface area contributed by atoms with E-state index in [2.05, 4.69) is 50.4 Å². The molecule has 436 valence electrons. The predicted molar refractivity (Wildman–Crippen MR) is 316 cm³/mol. The highest BCUT2D eigenvalue weighted by Gasteiger charge is 2.27. The van der Waals surface area contributed by atoms with Gasteiger partial charge in [-0.25, -0.2) is 0 Å². The summed E-state index contributed by atoms with van der Waals surface area (Å²) in [5.41, 5.74) is 0. The second-order valence-electron chi connectivity index (χ2n) is 22.9. The lowest BCUT2D eigenvalue weighted by atomic mass is 10.0. The Hall–Kier alpha value is -1.77. The van der Waals surface area contributed by atoms with Crippen LogP contribution in [0.3, 0.4) is 0 Å². The van der Waals surface area contributed by atoms with Crippen molar-refractivity contribution in [2.45, 2.75) is 322 Å². The lowest BCUT2D eigenvalue weighted by Gasteiger charge is -2.30. The Morgan fingerprint density at radius 2 is 0.824 bits per heavy atom. The maximum absolute atomic E-state index is 13.5. The summed E-state index contributed by atoms with van der Waals surface area (Å²) in [5, 5.41) is 3.03. The molecule has 0 heterocycles. The zero-order valence-electron chi connectivity index (χ0n) is 49.8. The van der Waals surface area contributed by atoms with E-state index >= 15 is 0 Å². The first-order valence-electron chi connectivity index (χ1n) is 31.8. The summed E-state index contributed by atoms with van der Waals surface area (Å²) in [7, 11) is 1.20. The summed E-state index contributed by atoms with van der Waals surface area (Å²) in [4.78, 5) is 40.0. The highest BCUT2D eigenvalue weighted by molar-refractivity contribution is 7.45. The van der Waals surface area contributed by atoms with Crippen LogP contribution in [0.25, 0.3) is 0 Å². The predicted octanol–water partition coefficient (Wildman–Crippen LogP) is 18.9. The molecule has 0 aliphatic rings. The van der Waals surface area contributed by atoms with Gasteiger partial charge in [0, 0.05) is 12.8 Å². The van der Waals surface area contributed by atoms with Crippen molar-refractivity contribution >= 4 is 19.7 Å². The first-order chi connectivity index (χ1) is 35.9. The van der Waals surface area contributed by atoms with E-state index < -0.39 is 20.0 Å². The molecule has 0 radical (unpaired) electrons. The molecule has 0 saturated heterocycles. The van der Waals surface area contributed by atoms with Crippen LogP contribution in [0.1, 0.15) is 310 Å². The second kappa shape index (κ2) is 54.6. The molecule has 1 amide bonds. The van der Waals surface area contributed by atoms with E-state index in [9.17, 15) is 19.0 Å². The number of phosphoric acid groups is 1. The number of rotatable bonds is 58. The molecule has 0 saturated carbocycles. The number of esters is 1. The molecule has 0 aliphatic carbocycles. The van der Waals surface area contributed by atoms with Crippen LogP contribution < -0.4 is 10.2 Å². The third-order valence-corrected chi connectivity index (χ3v) is 15.3. The summed E-state index contributed by atoms with van der Waals surface area (Å²) in [6, 6.07) is -0.883. The minimum atomic E-state index is -4.69. The van der Waals surface area contributed by atoms with Gasteiger partial charge in [0.25, 0.3) is 7.82 Å². The number of ether oxygens (including phenoxy) is 1. The molecule has 1 N–H and O–H groups in total. The molecule has 0 aliphatic heterocycles. The molecule has 0 bridgehead atoms. The van der Waals surface area contributed by atoms with Crippen LogP contribution in [0, 0.1) is 0 Å². The average molecular weight is 1060 g/mol. The van der Waals surface area contributed by atoms with E-state index in [-0.39, 0.29) is 31.5 Å². The fraction of sp³-hybridized carbons (Fsp3) is 0.875. The number of unbranched alkanes of at least 4 members (excludes halogenated alkanes) is 38. The van der Waals surface area contributed by atoms with E-state index in [0.717, 1.165) is 64.2 Å². The quantitative estimate of drug-likeness (QED) is 0.0212. The Bertz CT molecular complexity index is 1360. The highest BCUT2D eigenvalue weighted by atomic mass is 31.2. The molecule has 0 fully saturated rings. The van der Waals surface area contributed by atoms with Gasteiger partial charge < -0.3 is 28.5 Å². The maximum atomic E-state index is 13.5. The summed E-state index contributed by atoms with van der Waals surface area (Å²) in [6.45, 7) is 6.85. The van der Waals surface area contributed by atoms with Gasteiger partial charge in [0.1, 0.15) is 19.3 Å². The largest absolute Gasteiger partial charge is 0.756 e. The minimum absolute atomic E-state index is 0.0195. The Kier molecular flexibility index (Phi) is 53.3. The number of allylic oxidation sites excluding steroid dienone is 5. The molecule has 9 nitrogen and oxygen atoms in total. The van der Waals surface area contributed by atoms with Crippen LogP contribution in [0.15, 0.2) is 36.5 Å². The van der Waals surface area contributed by atoms with Crippen molar-refractivity contribution in [3.63, 3.8) is 0 Å². The zero-order valence-corrected chi connectivity index (χ0v) is 50.7. The van der Waals surface area contributed by atoms with Crippen LogP contribution in [0.2, 0.25) is 0 Å². The smallest absolute Gasteiger partial charge is 0.306 e. The second-order valence-corrected chi connectivity index (χ2v) is 24.3. The molecule has 0 aromatic rings. The van der Waals surface area contributed by atoms with Gasteiger partial charge in [0.15, 0.2) is 0 Å². The number of quaternary nitrogens is 1. The number of nitrogens with zero attached hydrogens (tertiary/aromatic N) is 1. The van der Waals surface area contributed by atoms with Crippen LogP contribution in [0.5, 0.6) is 0 Å². The first kappa shape index (κ1) is 72.2. The van der Waals surface area contributed by atoms with Crippen LogP contribution >= 0.6 is 7.82 Å². The Morgan fingerprint density at radius 3 is 1.24 bits per heavy atom. The van der Waals surface area contributed by atoms with Gasteiger partial charge in [-0.15, -0.1) is 0 Å². The molecule has 0 aromatic heterocycles. The van der Waals surface area contributed by atoms with Crippen molar-refractivity contribution in [2.24, 2.45) is 0 Å². The molecular formula is C64H123N2O7P. The van der Waals surface area contributed by atoms with E-state index in [1.165, 1.54) is 212 Å². The van der Waals surface area contributed by atoms with Gasteiger partial charge in [-0.2, -0.15) is 0 Å². The van der Waals surface area contributed by atoms with Crippen LogP contribution in [-0.4, -0.2) is 69.4 Å². The Balaban J connectivity index is 5.12. The monoisotopic (exact) mass is 1060 g/mol. The van der Waals surface area contributed by atoms with Gasteiger partial charge in [-0.05, 0) is 63.9 Å². The van der Waals surface area contributed by atoms with Gasteiger partial charge in [0.05, 0.1) is 33.8 Å². The summed E-state index contributed by atoms with van der Waals surface area (Å²) in [6.07, 6.45) is 65.4. The van der Waals surface area contributed by atoms with Crippen LogP contribution in [-0.2, 0) is 27.9 Å². The third kappa shape index (κ3) is 55.0. The third-order valence-electron chi connectivity index (χ3n) is 14.3. The van der Waals surface area contributed by atoms with Crippen molar-refractivity contribution in [3.8, 4) is 0 Å². The van der Waals surface area contributed by atoms with E-state index in [1.54, 1.807) is 0 Å². The number of carbonyl (C=O) groups is 2. The number of phosphoric ester groups is 1. The van der Waals surface area contributed by atoms with Crippen molar-refractivity contribution in [2.75, 3.05) is 40.9 Å². The molecule has 0 aromatic carbocycles. The topological polar surface area (TPSA) is 114 Å². The Morgan fingerprint density at radius 1 is 0.473 bits per heavy atom. The number of nitrogens with one attached hydrogen (secondary N) is 1. The average Bonchev–Trinajstić information content (AvgIpc) is 3.36. The lowest BCUT2D eigenvalue weighted by molar-refractivity contribution is -0.870. The van der Waals surface area contributed by atoms with Gasteiger partial charge in [-0.3, -0.25) is 14.2 Å². The van der Waals surface area contributed by atoms with Crippen molar-refractivity contribution in [1.29, 1.82) is 0 Å². The van der Waals surface area contributed by atoms with Gasteiger partial charge in [-0.1, -0.05) is 269 Å². The summed E-state index contributed by atoms with van der Waals surface area (Å²) < 4.78 is 30.3. The van der Waals surface area contributed by atoms with Crippen molar-refractivity contribution in [3.05, 3.63) is 36.5 Å². The number of hydrogen-bond acceptors (Lipinski definition) is 7. The normalized spacial score (nSPS) is 13.9. The lowest BCUT2D eigenvalue weighted by Crippen LogP contribution is -2.47. The van der Waals surface area contributed by atoms with Crippen molar-refractivity contribution in [1.82, 2.24) is 5.32 Å². The number of carbonyl (C=O) groups excluding carboxylic acids is 2. The molecule has 3 unspecified atom stereocenters. The molecule has 0 spiro atoms. The maximum Gasteiger partial charge on any atom is 0.306 e. The van der Waals surface area contributed by atoms with Crippen LogP contribution in [0.4, 0.5) is 0 Å². The SMILES string of the molecule is CCCCC/C=C\C/C=C\CCCCCCCCCCCCCCCC(=O)OC(/C=C/CCCCCCCCCCCC)C(COP(=O)([O-])OCC[N+](C)(C)C)NC(=O)CCCCCCCCCCCCCCC. The number of likely N-dealkylation sites (N-methyl/N-ethyl adjacent to an activating group) is 1. The first-order valence-corrected chi connectivity index (χ1v) is 33.3. The molecule has 0 rings (SSSR count). The fourth-order valence-electron chi connectivity index (χ4n) is 9.38. The fourth-order valence-corrected chi connectivity index (χ4v) is 10.1. The van der Waals surface area contributed by atoms with E-state index in [0.29, 0.717) is 17.4 Å². The number of amides is 1. The Labute approximate surface area is 459 Å². The molecular weight excluding hydrogens is 940 g/mol. The zero-order chi connectivity index (χ0) is 54.3. The summed E-state index contributed by atoms with van der Waals surface area (Å²) in [5.74, 6) is -0.528. The molecule has 10 heteroatoms. The standard InChI is InChI=1S/C64H123N2O7P/c1-7-10-13-16-19-22-25-28-29-30-31-32-33-34-35-36-37-39-42-45-48-51-54-57-64(68)73-62(55-52-49-46-43-40-27-24-21-18-15-12-9-3)61(60-72-74(69,70)71-59-58-66(4,5)6)65-63(67)56-53-50-47-44-41-38-26-23-20-17-14-11-8-2/h19,22,28-29,52,55,61-62H,7-18,20-21,23-27,30-51,53-54,56-60H2,1-6H3,(H-,65,67,69,70)/b22-19-,29-28-,55-52+. The molecule has 3 atom stereocenters. The van der Waals surface area contributed by atoms with Gasteiger partial charge >= 0.3 is 5.97 Å². The molecule has 74 heavy (non-hydrogen) atoms. The highest BCUT2D eigenvalue weighted by Crippen LogP contribution is 2.38. The van der Waals surface area contributed by atoms with E-state index in [1.807, 2.05) is 33.3 Å². The van der Waals surface area contributed by atoms with E-state index in [4.69, 9.17) is 13.8 Å². The van der Waals surface area contributed by atoms with Gasteiger partial charge in [0.2, 0.25) is 5.91 Å². The number of hydrogen-bond donors (Lipinski definition) is 1. The van der Waals surface area contributed by atoms with Crippen molar-refractivity contribution < 1.29 is 37.3 Å². The summed E-state index contributed by atoms with van der Waals surface area (Å²) >= 11 is 0. The minimum Gasteiger partial charge on any atom is -0.756 e.